The molecular weight excluding hydrogens is 235 g/mol. The highest BCUT2D eigenvalue weighted by atomic mass is 32.1. The van der Waals surface area contributed by atoms with Crippen molar-refractivity contribution in [3.63, 3.8) is 0 Å². The van der Waals surface area contributed by atoms with E-state index in [1.54, 1.807) is 6.07 Å². The van der Waals surface area contributed by atoms with Crippen LogP contribution in [0.4, 0.5) is 4.39 Å². The Morgan fingerprint density at radius 1 is 1.29 bits per heavy atom. The van der Waals surface area contributed by atoms with Crippen molar-refractivity contribution >= 4 is 27.2 Å². The van der Waals surface area contributed by atoms with Gasteiger partial charge >= 0.3 is 0 Å². The number of hydrogen-bond donors (Lipinski definition) is 0. The van der Waals surface area contributed by atoms with Crippen LogP contribution in [0.3, 0.4) is 0 Å². The van der Waals surface area contributed by atoms with Gasteiger partial charge in [0.05, 0.1) is 4.88 Å². The van der Waals surface area contributed by atoms with Crippen LogP contribution in [0.2, 0.25) is 0 Å². The van der Waals surface area contributed by atoms with Crippen LogP contribution in [-0.2, 0) is 0 Å². The van der Waals surface area contributed by atoms with Crippen LogP contribution in [0.15, 0.2) is 24.3 Å². The maximum atomic E-state index is 13.1. The Morgan fingerprint density at radius 3 is 2.65 bits per heavy atom. The summed E-state index contributed by atoms with van der Waals surface area (Å²) in [4.78, 5) is 12.9. The molecule has 0 atom stereocenters. The van der Waals surface area contributed by atoms with Gasteiger partial charge in [-0.3, -0.25) is 4.79 Å². The molecule has 0 fully saturated rings. The summed E-state index contributed by atoms with van der Waals surface area (Å²) < 4.78 is 13.9. The second kappa shape index (κ2) is 4.96. The smallest absolute Gasteiger partial charge is 0.175 e. The molecule has 0 bridgehead atoms. The molecule has 1 aromatic heterocycles. The Labute approximate surface area is 104 Å². The Kier molecular flexibility index (Phi) is 3.57. The first-order valence-electron chi connectivity index (χ1n) is 5.89. The predicted octanol–water partition coefficient (Wildman–Crippen LogP) is 4.66. The molecule has 0 aliphatic carbocycles. The van der Waals surface area contributed by atoms with Gasteiger partial charge in [0.15, 0.2) is 5.78 Å². The molecule has 2 aromatic rings. The molecule has 1 aromatic carbocycles. The number of rotatable bonds is 4. The van der Waals surface area contributed by atoms with E-state index in [0.29, 0.717) is 0 Å². The van der Waals surface area contributed by atoms with Crippen LogP contribution >= 0.6 is 11.3 Å². The van der Waals surface area contributed by atoms with Gasteiger partial charge in [0.25, 0.3) is 0 Å². The molecule has 0 saturated carbocycles. The summed E-state index contributed by atoms with van der Waals surface area (Å²) in [5.74, 6) is 0.0328. The number of carbonyl (C=O) groups excluding carboxylic acids is 1. The molecule has 2 rings (SSSR count). The average Bonchev–Trinajstić information content (AvgIpc) is 2.73. The molecule has 0 amide bonds. The first-order chi connectivity index (χ1) is 8.15. The number of Topliss-reactive ketones (excluding diaryl/α,β-unsaturated/α-hetero) is 1. The molecule has 1 heterocycles. The molecule has 0 saturated heterocycles. The van der Waals surface area contributed by atoms with Crippen molar-refractivity contribution < 1.29 is 9.18 Å². The van der Waals surface area contributed by atoms with Crippen molar-refractivity contribution in [3.05, 3.63) is 35.0 Å². The minimum Gasteiger partial charge on any atom is -0.293 e. The molecule has 90 valence electrons. The number of carbonyl (C=O) groups is 1. The van der Waals surface area contributed by atoms with Crippen LogP contribution < -0.4 is 0 Å². The van der Waals surface area contributed by atoms with E-state index in [1.165, 1.54) is 23.5 Å². The summed E-state index contributed by atoms with van der Waals surface area (Å²) >= 11 is 1.39. The minimum atomic E-state index is -0.249. The molecule has 3 heteroatoms. The Morgan fingerprint density at radius 2 is 2.00 bits per heavy atom. The largest absolute Gasteiger partial charge is 0.293 e. The van der Waals surface area contributed by atoms with Gasteiger partial charge in [0.1, 0.15) is 5.82 Å². The van der Waals surface area contributed by atoms with Crippen LogP contribution in [0.25, 0.3) is 10.1 Å². The second-order valence-electron chi connectivity index (χ2n) is 4.17. The van der Waals surface area contributed by atoms with Gasteiger partial charge < -0.3 is 0 Å². The molecular formula is C14H15FOS. The van der Waals surface area contributed by atoms with Crippen molar-refractivity contribution in [3.8, 4) is 0 Å². The fourth-order valence-electron chi connectivity index (χ4n) is 1.99. The first-order valence-corrected chi connectivity index (χ1v) is 6.70. The Balaban J connectivity index is 2.39. The number of hydrogen-bond acceptors (Lipinski definition) is 2. The van der Waals surface area contributed by atoms with E-state index < -0.39 is 0 Å². The standard InChI is InChI=1S/C14H15FOS/c1-3-9(4-2)14(16)13-7-10-5-6-11(15)8-12(10)17-13/h5-9H,3-4H2,1-2H3. The molecule has 17 heavy (non-hydrogen) atoms. The van der Waals surface area contributed by atoms with Gasteiger partial charge in [-0.05, 0) is 36.4 Å². The van der Waals surface area contributed by atoms with Crippen molar-refractivity contribution in [2.45, 2.75) is 26.7 Å². The summed E-state index contributed by atoms with van der Waals surface area (Å²) in [6, 6.07) is 6.52. The third kappa shape index (κ3) is 2.39. The van der Waals surface area contributed by atoms with Crippen LogP contribution in [0, 0.1) is 11.7 Å². The average molecular weight is 250 g/mol. The third-order valence-electron chi connectivity index (χ3n) is 3.08. The highest BCUT2D eigenvalue weighted by Crippen LogP contribution is 2.29. The molecule has 0 aliphatic heterocycles. The molecule has 0 aliphatic rings. The molecule has 1 nitrogen and oxygen atoms in total. The monoisotopic (exact) mass is 250 g/mol. The van der Waals surface area contributed by atoms with Crippen LogP contribution in [-0.4, -0.2) is 5.78 Å². The SMILES string of the molecule is CCC(CC)C(=O)c1cc2ccc(F)cc2s1. The zero-order chi connectivity index (χ0) is 12.4. The Bertz CT molecular complexity index is 540. The molecule has 0 unspecified atom stereocenters. The highest BCUT2D eigenvalue weighted by molar-refractivity contribution is 7.20. The van der Waals surface area contributed by atoms with E-state index in [-0.39, 0.29) is 17.5 Å². The van der Waals surface area contributed by atoms with E-state index in [0.717, 1.165) is 27.8 Å². The number of fused-ring (bicyclic) bond motifs is 1. The van der Waals surface area contributed by atoms with Gasteiger partial charge in [-0.15, -0.1) is 11.3 Å². The predicted molar refractivity (Wildman–Crippen MR) is 70.2 cm³/mol. The molecule has 0 spiro atoms. The lowest BCUT2D eigenvalue weighted by Gasteiger charge is -2.08. The van der Waals surface area contributed by atoms with E-state index in [4.69, 9.17) is 0 Å². The quantitative estimate of drug-likeness (QED) is 0.721. The molecule has 0 radical (unpaired) electrons. The second-order valence-corrected chi connectivity index (χ2v) is 5.25. The summed E-state index contributed by atoms with van der Waals surface area (Å²) in [6.45, 7) is 4.05. The third-order valence-corrected chi connectivity index (χ3v) is 4.19. The normalized spacial score (nSPS) is 11.3. The van der Waals surface area contributed by atoms with E-state index in [1.807, 2.05) is 19.9 Å². The van der Waals surface area contributed by atoms with E-state index >= 15 is 0 Å². The lowest BCUT2D eigenvalue weighted by molar-refractivity contribution is 0.0917. The number of ketones is 1. The highest BCUT2D eigenvalue weighted by Gasteiger charge is 2.18. The summed E-state index contributed by atoms with van der Waals surface area (Å²) in [6.07, 6.45) is 1.72. The lowest BCUT2D eigenvalue weighted by atomic mass is 9.97. The van der Waals surface area contributed by atoms with Crippen molar-refractivity contribution in [1.29, 1.82) is 0 Å². The topological polar surface area (TPSA) is 17.1 Å². The van der Waals surface area contributed by atoms with Gasteiger partial charge in [-0.25, -0.2) is 4.39 Å². The number of thiophene rings is 1. The van der Waals surface area contributed by atoms with Crippen molar-refractivity contribution in [2.24, 2.45) is 5.92 Å². The fourth-order valence-corrected chi connectivity index (χ4v) is 3.09. The van der Waals surface area contributed by atoms with Gasteiger partial charge in [-0.1, -0.05) is 19.9 Å². The summed E-state index contributed by atoms with van der Waals surface area (Å²) in [7, 11) is 0. The van der Waals surface area contributed by atoms with Gasteiger partial charge in [0, 0.05) is 10.6 Å². The minimum absolute atomic E-state index is 0.0907. The van der Waals surface area contributed by atoms with Crippen molar-refractivity contribution in [1.82, 2.24) is 0 Å². The maximum absolute atomic E-state index is 13.1. The van der Waals surface area contributed by atoms with Crippen LogP contribution in [0.1, 0.15) is 36.4 Å². The zero-order valence-electron chi connectivity index (χ0n) is 10.00. The molecule has 0 N–H and O–H groups in total. The van der Waals surface area contributed by atoms with Crippen LogP contribution in [0.5, 0.6) is 0 Å². The van der Waals surface area contributed by atoms with Gasteiger partial charge in [0.2, 0.25) is 0 Å². The first kappa shape index (κ1) is 12.2. The summed E-state index contributed by atoms with van der Waals surface area (Å²) in [5.41, 5.74) is 0. The van der Waals surface area contributed by atoms with Crippen molar-refractivity contribution in [2.75, 3.05) is 0 Å². The fraction of sp³-hybridized carbons (Fsp3) is 0.357. The van der Waals surface area contributed by atoms with Gasteiger partial charge in [-0.2, -0.15) is 0 Å². The number of halogens is 1. The Hall–Kier alpha value is -1.22. The van der Waals surface area contributed by atoms with E-state index in [9.17, 15) is 9.18 Å². The number of benzene rings is 1. The van der Waals surface area contributed by atoms with E-state index in [2.05, 4.69) is 0 Å². The maximum Gasteiger partial charge on any atom is 0.175 e. The zero-order valence-corrected chi connectivity index (χ0v) is 10.8. The lowest BCUT2D eigenvalue weighted by Crippen LogP contribution is -2.11. The summed E-state index contributed by atoms with van der Waals surface area (Å²) in [5, 5.41) is 0.950.